The molecule has 1 heterocycles. The van der Waals surface area contributed by atoms with E-state index in [-0.39, 0.29) is 0 Å². The van der Waals surface area contributed by atoms with Crippen LogP contribution >= 0.6 is 0 Å². The van der Waals surface area contributed by atoms with Crippen LogP contribution in [0.25, 0.3) is 0 Å². The van der Waals surface area contributed by atoms with Crippen molar-refractivity contribution in [3.63, 3.8) is 0 Å². The molecule has 0 radical (unpaired) electrons. The molecule has 4 nitrogen and oxygen atoms in total. The van der Waals surface area contributed by atoms with E-state index in [0.717, 1.165) is 51.7 Å². The van der Waals surface area contributed by atoms with Gasteiger partial charge in [-0.2, -0.15) is 0 Å². The number of hydrogen-bond donors (Lipinski definition) is 2. The Hall–Kier alpha value is -0.160. The van der Waals surface area contributed by atoms with E-state index in [2.05, 4.69) is 5.32 Å². The summed E-state index contributed by atoms with van der Waals surface area (Å²) >= 11 is 0. The lowest BCUT2D eigenvalue weighted by Gasteiger charge is -2.25. The van der Waals surface area contributed by atoms with Crippen molar-refractivity contribution in [1.82, 2.24) is 5.32 Å². The van der Waals surface area contributed by atoms with Crippen LogP contribution in [0.3, 0.4) is 0 Å². The summed E-state index contributed by atoms with van der Waals surface area (Å²) in [6.45, 7) is 4.47. The molecular formula is C12H26N2O2. The van der Waals surface area contributed by atoms with E-state index in [1.807, 2.05) is 0 Å². The van der Waals surface area contributed by atoms with Gasteiger partial charge in [-0.05, 0) is 44.7 Å². The number of rotatable bonds is 8. The molecule has 0 aromatic carbocycles. The molecule has 1 aliphatic heterocycles. The zero-order valence-electron chi connectivity index (χ0n) is 10.4. The molecule has 1 rings (SSSR count). The van der Waals surface area contributed by atoms with Gasteiger partial charge in [-0.1, -0.05) is 0 Å². The van der Waals surface area contributed by atoms with Gasteiger partial charge in [-0.15, -0.1) is 0 Å². The standard InChI is InChI=1S/C12H26N2O2/c1-15-10-12(3-2-6-13)14-9-11-4-7-16-8-5-11/h11-12,14H,2-10,13H2,1H3. The van der Waals surface area contributed by atoms with Crippen molar-refractivity contribution in [3.05, 3.63) is 0 Å². The van der Waals surface area contributed by atoms with Gasteiger partial charge < -0.3 is 20.5 Å². The topological polar surface area (TPSA) is 56.5 Å². The van der Waals surface area contributed by atoms with Gasteiger partial charge in [0.05, 0.1) is 6.61 Å². The molecule has 96 valence electrons. The number of hydrogen-bond acceptors (Lipinski definition) is 4. The van der Waals surface area contributed by atoms with E-state index < -0.39 is 0 Å². The molecule has 0 aromatic heterocycles. The Morgan fingerprint density at radius 1 is 1.44 bits per heavy atom. The highest BCUT2D eigenvalue weighted by atomic mass is 16.5. The maximum absolute atomic E-state index is 5.53. The second-order valence-electron chi connectivity index (χ2n) is 4.55. The minimum atomic E-state index is 0.455. The maximum atomic E-state index is 5.53. The summed E-state index contributed by atoms with van der Waals surface area (Å²) in [6.07, 6.45) is 4.54. The quantitative estimate of drug-likeness (QED) is 0.646. The van der Waals surface area contributed by atoms with Crippen molar-refractivity contribution >= 4 is 0 Å². The highest BCUT2D eigenvalue weighted by Crippen LogP contribution is 2.13. The molecule has 0 saturated carbocycles. The summed E-state index contributed by atoms with van der Waals surface area (Å²) in [5.74, 6) is 0.769. The fraction of sp³-hybridized carbons (Fsp3) is 1.00. The smallest absolute Gasteiger partial charge is 0.0615 e. The van der Waals surface area contributed by atoms with Crippen molar-refractivity contribution in [2.24, 2.45) is 11.7 Å². The van der Waals surface area contributed by atoms with Crippen molar-refractivity contribution < 1.29 is 9.47 Å². The fourth-order valence-electron chi connectivity index (χ4n) is 2.09. The number of methoxy groups -OCH3 is 1. The van der Waals surface area contributed by atoms with Crippen LogP contribution in [0.2, 0.25) is 0 Å². The first-order chi connectivity index (χ1) is 7.86. The van der Waals surface area contributed by atoms with Crippen molar-refractivity contribution in [3.8, 4) is 0 Å². The minimum absolute atomic E-state index is 0.455. The maximum Gasteiger partial charge on any atom is 0.0615 e. The minimum Gasteiger partial charge on any atom is -0.383 e. The van der Waals surface area contributed by atoms with E-state index in [1.165, 1.54) is 12.8 Å². The lowest BCUT2D eigenvalue weighted by atomic mass is 10.00. The predicted octanol–water partition coefficient (Wildman–Crippen LogP) is 0.757. The van der Waals surface area contributed by atoms with Crippen molar-refractivity contribution in [2.75, 3.05) is 40.0 Å². The van der Waals surface area contributed by atoms with Gasteiger partial charge in [0.1, 0.15) is 0 Å². The summed E-state index contributed by atoms with van der Waals surface area (Å²) in [6, 6.07) is 0.455. The van der Waals surface area contributed by atoms with Gasteiger partial charge in [0, 0.05) is 26.4 Å². The third-order valence-corrected chi connectivity index (χ3v) is 3.16. The van der Waals surface area contributed by atoms with Crippen LogP contribution in [0.4, 0.5) is 0 Å². The summed E-state index contributed by atoms with van der Waals surface area (Å²) in [4.78, 5) is 0. The lowest BCUT2D eigenvalue weighted by Crippen LogP contribution is -2.38. The van der Waals surface area contributed by atoms with Crippen LogP contribution in [-0.4, -0.2) is 46.1 Å². The molecule has 3 N–H and O–H groups in total. The molecule has 0 aliphatic carbocycles. The summed E-state index contributed by atoms with van der Waals surface area (Å²) in [5.41, 5.74) is 5.53. The van der Waals surface area contributed by atoms with Gasteiger partial charge in [0.2, 0.25) is 0 Å². The monoisotopic (exact) mass is 230 g/mol. The highest BCUT2D eigenvalue weighted by molar-refractivity contribution is 4.71. The van der Waals surface area contributed by atoms with Gasteiger partial charge in [-0.25, -0.2) is 0 Å². The fourth-order valence-corrected chi connectivity index (χ4v) is 2.09. The molecule has 1 aliphatic rings. The molecule has 1 fully saturated rings. The number of nitrogens with two attached hydrogens (primary N) is 1. The zero-order valence-corrected chi connectivity index (χ0v) is 10.4. The summed E-state index contributed by atoms with van der Waals surface area (Å²) in [7, 11) is 1.76. The SMILES string of the molecule is COCC(CCCN)NCC1CCOCC1. The average molecular weight is 230 g/mol. The third-order valence-electron chi connectivity index (χ3n) is 3.16. The summed E-state index contributed by atoms with van der Waals surface area (Å²) in [5, 5.41) is 3.59. The van der Waals surface area contributed by atoms with Crippen LogP contribution in [0.15, 0.2) is 0 Å². The Labute approximate surface area is 98.9 Å². The average Bonchev–Trinajstić information content (AvgIpc) is 2.34. The van der Waals surface area contributed by atoms with E-state index in [9.17, 15) is 0 Å². The Balaban J connectivity index is 2.14. The Morgan fingerprint density at radius 2 is 2.19 bits per heavy atom. The zero-order chi connectivity index (χ0) is 11.6. The highest BCUT2D eigenvalue weighted by Gasteiger charge is 2.15. The Morgan fingerprint density at radius 3 is 2.81 bits per heavy atom. The second-order valence-corrected chi connectivity index (χ2v) is 4.55. The first-order valence-electron chi connectivity index (χ1n) is 6.37. The van der Waals surface area contributed by atoms with E-state index >= 15 is 0 Å². The van der Waals surface area contributed by atoms with Gasteiger partial charge in [0.15, 0.2) is 0 Å². The van der Waals surface area contributed by atoms with Gasteiger partial charge >= 0.3 is 0 Å². The second kappa shape index (κ2) is 8.93. The molecular weight excluding hydrogens is 204 g/mol. The number of nitrogens with one attached hydrogen (secondary N) is 1. The molecule has 16 heavy (non-hydrogen) atoms. The first kappa shape index (κ1) is 13.9. The van der Waals surface area contributed by atoms with Crippen LogP contribution in [0.5, 0.6) is 0 Å². The van der Waals surface area contributed by atoms with Crippen molar-refractivity contribution in [2.45, 2.75) is 31.7 Å². The van der Waals surface area contributed by atoms with E-state index in [1.54, 1.807) is 7.11 Å². The predicted molar refractivity (Wildman–Crippen MR) is 65.5 cm³/mol. The molecule has 1 unspecified atom stereocenters. The van der Waals surface area contributed by atoms with Crippen molar-refractivity contribution in [1.29, 1.82) is 0 Å². The largest absolute Gasteiger partial charge is 0.383 e. The molecule has 1 saturated heterocycles. The molecule has 1 atom stereocenters. The molecule has 4 heteroatoms. The first-order valence-corrected chi connectivity index (χ1v) is 6.37. The Kier molecular flexibility index (Phi) is 7.76. The Bertz CT molecular complexity index is 161. The van der Waals surface area contributed by atoms with Gasteiger partial charge in [-0.3, -0.25) is 0 Å². The van der Waals surface area contributed by atoms with E-state index in [4.69, 9.17) is 15.2 Å². The van der Waals surface area contributed by atoms with Gasteiger partial charge in [0.25, 0.3) is 0 Å². The summed E-state index contributed by atoms with van der Waals surface area (Å²) < 4.78 is 10.6. The molecule has 0 amide bonds. The normalized spacial score (nSPS) is 19.9. The van der Waals surface area contributed by atoms with E-state index in [0.29, 0.717) is 6.04 Å². The third kappa shape index (κ3) is 5.80. The molecule has 0 aromatic rings. The van der Waals surface area contributed by atoms with Crippen LogP contribution in [-0.2, 0) is 9.47 Å². The van der Waals surface area contributed by atoms with Crippen LogP contribution < -0.4 is 11.1 Å². The van der Waals surface area contributed by atoms with Crippen LogP contribution in [0.1, 0.15) is 25.7 Å². The molecule has 0 spiro atoms. The lowest BCUT2D eigenvalue weighted by molar-refractivity contribution is 0.0635. The molecule has 0 bridgehead atoms. The van der Waals surface area contributed by atoms with Crippen LogP contribution in [0, 0.1) is 5.92 Å². The number of ether oxygens (including phenoxy) is 2.